The van der Waals surface area contributed by atoms with E-state index in [0.29, 0.717) is 5.41 Å². The van der Waals surface area contributed by atoms with Gasteiger partial charge in [0.1, 0.15) is 0 Å². The normalized spacial score (nSPS) is 20.8. The van der Waals surface area contributed by atoms with Gasteiger partial charge >= 0.3 is 0 Å². The third kappa shape index (κ3) is 4.70. The van der Waals surface area contributed by atoms with E-state index in [0.717, 1.165) is 6.04 Å². The maximum absolute atomic E-state index is 3.67. The third-order valence-corrected chi connectivity index (χ3v) is 4.20. The largest absolute Gasteiger partial charge is 0.313 e. The van der Waals surface area contributed by atoms with E-state index in [-0.39, 0.29) is 0 Å². The zero-order valence-electron chi connectivity index (χ0n) is 9.94. The zero-order chi connectivity index (χ0) is 10.4. The summed E-state index contributed by atoms with van der Waals surface area (Å²) in [5.74, 6) is 2.59. The highest BCUT2D eigenvalue weighted by Gasteiger charge is 2.26. The molecule has 0 amide bonds. The van der Waals surface area contributed by atoms with Crippen LogP contribution in [0.3, 0.4) is 0 Å². The standard InChI is InChI=1S/C12H25NS/c1-4-12(3,8-9-14-5-2)10-13-11-6-7-11/h11,13H,4-10H2,1-3H3. The monoisotopic (exact) mass is 215 g/mol. The molecule has 1 aliphatic carbocycles. The van der Waals surface area contributed by atoms with Crippen LogP contribution in [0.25, 0.3) is 0 Å². The third-order valence-electron chi connectivity index (χ3n) is 3.30. The molecule has 0 aromatic carbocycles. The molecule has 1 aliphatic rings. The van der Waals surface area contributed by atoms with Crippen molar-refractivity contribution in [3.63, 3.8) is 0 Å². The smallest absolute Gasteiger partial charge is 0.00684 e. The summed E-state index contributed by atoms with van der Waals surface area (Å²) < 4.78 is 0. The summed E-state index contributed by atoms with van der Waals surface area (Å²) >= 11 is 2.07. The van der Waals surface area contributed by atoms with Crippen LogP contribution < -0.4 is 5.32 Å². The van der Waals surface area contributed by atoms with Gasteiger partial charge in [0.25, 0.3) is 0 Å². The lowest BCUT2D eigenvalue weighted by atomic mass is 9.84. The second-order valence-electron chi connectivity index (χ2n) is 4.77. The van der Waals surface area contributed by atoms with Crippen LogP contribution in [0.2, 0.25) is 0 Å². The second-order valence-corrected chi connectivity index (χ2v) is 6.16. The van der Waals surface area contributed by atoms with Crippen molar-refractivity contribution in [2.45, 2.75) is 52.5 Å². The minimum atomic E-state index is 0.533. The maximum atomic E-state index is 3.67. The minimum Gasteiger partial charge on any atom is -0.313 e. The lowest BCUT2D eigenvalue weighted by Crippen LogP contribution is -2.33. The highest BCUT2D eigenvalue weighted by molar-refractivity contribution is 7.99. The van der Waals surface area contributed by atoms with E-state index in [9.17, 15) is 0 Å². The van der Waals surface area contributed by atoms with Crippen molar-refractivity contribution in [2.24, 2.45) is 5.41 Å². The number of hydrogen-bond donors (Lipinski definition) is 1. The molecule has 1 rings (SSSR count). The SMILES string of the molecule is CCSCCC(C)(CC)CNC1CC1. The first-order valence-electron chi connectivity index (χ1n) is 6.01. The molecule has 84 valence electrons. The quantitative estimate of drug-likeness (QED) is 0.624. The molecule has 1 unspecified atom stereocenters. The predicted molar refractivity (Wildman–Crippen MR) is 67.0 cm³/mol. The van der Waals surface area contributed by atoms with Gasteiger partial charge in [0.05, 0.1) is 0 Å². The van der Waals surface area contributed by atoms with Gasteiger partial charge in [0, 0.05) is 12.6 Å². The van der Waals surface area contributed by atoms with E-state index in [4.69, 9.17) is 0 Å². The molecule has 0 aromatic rings. The van der Waals surface area contributed by atoms with E-state index in [1.807, 2.05) is 0 Å². The van der Waals surface area contributed by atoms with Crippen molar-refractivity contribution < 1.29 is 0 Å². The molecule has 0 bridgehead atoms. The Kier molecular flexibility index (Phi) is 5.32. The Hall–Kier alpha value is 0.310. The van der Waals surface area contributed by atoms with Gasteiger partial charge in [-0.3, -0.25) is 0 Å². The van der Waals surface area contributed by atoms with Crippen LogP contribution in [-0.4, -0.2) is 24.1 Å². The Balaban J connectivity index is 2.15. The molecule has 0 aliphatic heterocycles. The van der Waals surface area contributed by atoms with Gasteiger partial charge in [-0.2, -0.15) is 11.8 Å². The molecule has 0 spiro atoms. The van der Waals surface area contributed by atoms with E-state index >= 15 is 0 Å². The first-order chi connectivity index (χ1) is 6.70. The molecule has 14 heavy (non-hydrogen) atoms. The highest BCUT2D eigenvalue weighted by Crippen LogP contribution is 2.28. The van der Waals surface area contributed by atoms with E-state index in [1.165, 1.54) is 43.7 Å². The number of rotatable bonds is 8. The van der Waals surface area contributed by atoms with Crippen LogP contribution in [0.5, 0.6) is 0 Å². The molecule has 1 N–H and O–H groups in total. The second kappa shape index (κ2) is 6.02. The summed E-state index contributed by atoms with van der Waals surface area (Å²) in [6, 6.07) is 0.861. The molecule has 1 saturated carbocycles. The van der Waals surface area contributed by atoms with Gasteiger partial charge in [-0.25, -0.2) is 0 Å². The van der Waals surface area contributed by atoms with Crippen molar-refractivity contribution in [1.29, 1.82) is 0 Å². The molecular weight excluding hydrogens is 190 g/mol. The molecule has 2 heteroatoms. The Morgan fingerprint density at radius 3 is 2.57 bits per heavy atom. The molecule has 0 radical (unpaired) electrons. The van der Waals surface area contributed by atoms with Crippen molar-refractivity contribution in [3.05, 3.63) is 0 Å². The average molecular weight is 215 g/mol. The summed E-state index contributed by atoms with van der Waals surface area (Å²) in [4.78, 5) is 0. The predicted octanol–water partition coefficient (Wildman–Crippen LogP) is 3.30. The Morgan fingerprint density at radius 2 is 2.07 bits per heavy atom. The van der Waals surface area contributed by atoms with Crippen LogP contribution in [-0.2, 0) is 0 Å². The van der Waals surface area contributed by atoms with Crippen molar-refractivity contribution >= 4 is 11.8 Å². The molecule has 1 fully saturated rings. The van der Waals surface area contributed by atoms with Crippen LogP contribution in [0, 0.1) is 5.41 Å². The summed E-state index contributed by atoms with van der Waals surface area (Å²) in [7, 11) is 0. The van der Waals surface area contributed by atoms with Gasteiger partial charge in [0.15, 0.2) is 0 Å². The van der Waals surface area contributed by atoms with Crippen LogP contribution in [0.1, 0.15) is 46.5 Å². The van der Waals surface area contributed by atoms with Crippen molar-refractivity contribution in [2.75, 3.05) is 18.1 Å². The summed E-state index contributed by atoms with van der Waals surface area (Å²) in [5.41, 5.74) is 0.533. The number of hydrogen-bond acceptors (Lipinski definition) is 2. The Morgan fingerprint density at radius 1 is 1.36 bits per heavy atom. The number of thioether (sulfide) groups is 1. The first kappa shape index (κ1) is 12.4. The van der Waals surface area contributed by atoms with E-state index < -0.39 is 0 Å². The lowest BCUT2D eigenvalue weighted by molar-refractivity contribution is 0.283. The highest BCUT2D eigenvalue weighted by atomic mass is 32.2. The fraction of sp³-hybridized carbons (Fsp3) is 1.00. The molecule has 0 heterocycles. The summed E-state index contributed by atoms with van der Waals surface area (Å²) in [6.45, 7) is 8.22. The minimum absolute atomic E-state index is 0.533. The Labute approximate surface area is 93.4 Å². The molecule has 1 nitrogen and oxygen atoms in total. The lowest BCUT2D eigenvalue weighted by Gasteiger charge is -2.28. The van der Waals surface area contributed by atoms with E-state index in [2.05, 4.69) is 37.8 Å². The molecule has 0 saturated heterocycles. The van der Waals surface area contributed by atoms with Gasteiger partial charge in [-0.15, -0.1) is 0 Å². The van der Waals surface area contributed by atoms with Crippen molar-refractivity contribution in [3.8, 4) is 0 Å². The fourth-order valence-corrected chi connectivity index (χ4v) is 2.46. The van der Waals surface area contributed by atoms with E-state index in [1.54, 1.807) is 0 Å². The van der Waals surface area contributed by atoms with Gasteiger partial charge in [-0.1, -0.05) is 20.8 Å². The number of nitrogens with one attached hydrogen (secondary N) is 1. The van der Waals surface area contributed by atoms with Crippen LogP contribution in [0.4, 0.5) is 0 Å². The topological polar surface area (TPSA) is 12.0 Å². The van der Waals surface area contributed by atoms with Crippen LogP contribution >= 0.6 is 11.8 Å². The van der Waals surface area contributed by atoms with Crippen molar-refractivity contribution in [1.82, 2.24) is 5.32 Å². The first-order valence-corrected chi connectivity index (χ1v) is 7.17. The van der Waals surface area contributed by atoms with Gasteiger partial charge in [0.2, 0.25) is 0 Å². The van der Waals surface area contributed by atoms with Crippen LogP contribution in [0.15, 0.2) is 0 Å². The van der Waals surface area contributed by atoms with Gasteiger partial charge in [-0.05, 0) is 42.6 Å². The zero-order valence-corrected chi connectivity index (χ0v) is 10.8. The van der Waals surface area contributed by atoms with Gasteiger partial charge < -0.3 is 5.32 Å². The Bertz CT molecular complexity index is 156. The fourth-order valence-electron chi connectivity index (χ4n) is 1.53. The maximum Gasteiger partial charge on any atom is 0.00684 e. The molecule has 1 atom stereocenters. The summed E-state index contributed by atoms with van der Waals surface area (Å²) in [6.07, 6.45) is 5.48. The molecular formula is C12H25NS. The average Bonchev–Trinajstić information content (AvgIpc) is 2.99. The molecule has 0 aromatic heterocycles. The summed E-state index contributed by atoms with van der Waals surface area (Å²) in [5, 5.41) is 3.67.